The molecule has 19 heavy (non-hydrogen) atoms. The number of halogens is 1. The zero-order valence-electron chi connectivity index (χ0n) is 10.0. The first-order chi connectivity index (χ1) is 9.06. The predicted octanol–water partition coefficient (Wildman–Crippen LogP) is 1.89. The van der Waals surface area contributed by atoms with Crippen LogP contribution in [0.15, 0.2) is 29.1 Å². The van der Waals surface area contributed by atoms with Crippen molar-refractivity contribution >= 4 is 38.6 Å². The monoisotopic (exact) mass is 323 g/mol. The van der Waals surface area contributed by atoms with E-state index >= 15 is 0 Å². The summed E-state index contributed by atoms with van der Waals surface area (Å²) in [5, 5.41) is 0.763. The molecule has 0 radical (unpaired) electrons. The Morgan fingerprint density at radius 2 is 2.05 bits per heavy atom. The van der Waals surface area contributed by atoms with Gasteiger partial charge in [-0.25, -0.2) is 4.79 Å². The third kappa shape index (κ3) is 2.58. The minimum Gasteiger partial charge on any atom is -0.465 e. The van der Waals surface area contributed by atoms with Crippen LogP contribution in [-0.2, 0) is 4.74 Å². The van der Waals surface area contributed by atoms with Crippen LogP contribution in [0.5, 0.6) is 0 Å². The summed E-state index contributed by atoms with van der Waals surface area (Å²) in [5.74, 6) is -0.774. The highest BCUT2D eigenvalue weighted by molar-refractivity contribution is 9.09. The van der Waals surface area contributed by atoms with Gasteiger partial charge in [0.25, 0.3) is 5.56 Å². The first-order valence-electron chi connectivity index (χ1n) is 5.41. The Labute approximate surface area is 116 Å². The van der Waals surface area contributed by atoms with Crippen LogP contribution in [0.25, 0.3) is 10.9 Å². The molecule has 1 aromatic carbocycles. The zero-order valence-corrected chi connectivity index (χ0v) is 11.6. The highest BCUT2D eigenvalue weighted by Gasteiger charge is 2.12. The van der Waals surface area contributed by atoms with Crippen molar-refractivity contribution in [1.29, 1.82) is 0 Å². The second-order valence-corrected chi connectivity index (χ2v) is 4.42. The van der Waals surface area contributed by atoms with Crippen molar-refractivity contribution in [2.45, 2.75) is 0 Å². The molecule has 1 N–H and O–H groups in total. The van der Waals surface area contributed by atoms with Crippen LogP contribution in [0.2, 0.25) is 0 Å². The molecule has 2 aromatic rings. The first kappa shape index (κ1) is 13.5. The van der Waals surface area contributed by atoms with Crippen molar-refractivity contribution < 1.29 is 14.3 Å². The van der Waals surface area contributed by atoms with Crippen molar-refractivity contribution in [2.24, 2.45) is 0 Å². The highest BCUT2D eigenvalue weighted by Crippen LogP contribution is 2.14. The number of hydrogen-bond acceptors (Lipinski definition) is 4. The number of benzene rings is 1. The lowest BCUT2D eigenvalue weighted by Gasteiger charge is -2.03. The van der Waals surface area contributed by atoms with Gasteiger partial charge < -0.3 is 9.72 Å². The molecule has 0 bridgehead atoms. The van der Waals surface area contributed by atoms with Crippen molar-refractivity contribution in [3.05, 3.63) is 45.7 Å². The number of aromatic amines is 1. The predicted molar refractivity (Wildman–Crippen MR) is 74.0 cm³/mol. The SMILES string of the molecule is COC(=O)c1ccc2cc(C(=O)CBr)c(=O)[nH]c2c1. The molecular weight excluding hydrogens is 314 g/mol. The number of rotatable bonds is 3. The lowest BCUT2D eigenvalue weighted by atomic mass is 10.1. The van der Waals surface area contributed by atoms with Crippen LogP contribution >= 0.6 is 15.9 Å². The standard InChI is InChI=1S/C13H10BrNO4/c1-19-13(18)8-3-2-7-4-9(11(16)6-14)12(17)15-10(7)5-8/h2-5H,6H2,1H3,(H,15,17). The molecule has 0 amide bonds. The molecule has 0 spiro atoms. The van der Waals surface area contributed by atoms with Crippen LogP contribution in [0.4, 0.5) is 0 Å². The second kappa shape index (κ2) is 5.36. The molecule has 0 saturated heterocycles. The summed E-state index contributed by atoms with van der Waals surface area (Å²) in [7, 11) is 1.28. The van der Waals surface area contributed by atoms with Gasteiger partial charge >= 0.3 is 5.97 Å². The molecule has 0 atom stereocenters. The zero-order chi connectivity index (χ0) is 14.0. The molecule has 0 aliphatic heterocycles. The number of carbonyl (C=O) groups is 2. The number of alkyl halides is 1. The maximum Gasteiger partial charge on any atom is 0.337 e. The van der Waals surface area contributed by atoms with Gasteiger partial charge in [-0.3, -0.25) is 9.59 Å². The second-order valence-electron chi connectivity index (χ2n) is 3.86. The molecule has 2 rings (SSSR count). The summed E-state index contributed by atoms with van der Waals surface area (Å²) in [5.41, 5.74) is 0.443. The van der Waals surface area contributed by atoms with Gasteiger partial charge in [0.2, 0.25) is 0 Å². The summed E-state index contributed by atoms with van der Waals surface area (Å²) in [6.07, 6.45) is 0. The fourth-order valence-electron chi connectivity index (χ4n) is 1.73. The first-order valence-corrected chi connectivity index (χ1v) is 6.53. The molecule has 0 aliphatic carbocycles. The van der Waals surface area contributed by atoms with Crippen LogP contribution in [0, 0.1) is 0 Å². The highest BCUT2D eigenvalue weighted by atomic mass is 79.9. The summed E-state index contributed by atoms with van der Waals surface area (Å²) in [6.45, 7) is 0. The number of aromatic nitrogens is 1. The summed E-state index contributed by atoms with van der Waals surface area (Å²) in [4.78, 5) is 37.3. The molecule has 0 fully saturated rings. The van der Waals surface area contributed by atoms with Crippen LogP contribution in [0.1, 0.15) is 20.7 Å². The third-order valence-corrected chi connectivity index (χ3v) is 3.20. The maximum absolute atomic E-state index is 11.8. The fourth-order valence-corrected chi connectivity index (χ4v) is 2.03. The topological polar surface area (TPSA) is 76.2 Å². The van der Waals surface area contributed by atoms with Gasteiger partial charge in [-0.1, -0.05) is 22.0 Å². The number of H-pyrrole nitrogens is 1. The number of fused-ring (bicyclic) bond motifs is 1. The van der Waals surface area contributed by atoms with Crippen molar-refractivity contribution in [3.8, 4) is 0 Å². The Hall–Kier alpha value is -1.95. The molecule has 1 aromatic heterocycles. The van der Waals surface area contributed by atoms with Crippen LogP contribution < -0.4 is 5.56 Å². The summed E-state index contributed by atoms with van der Waals surface area (Å²) >= 11 is 3.03. The van der Waals surface area contributed by atoms with E-state index in [1.807, 2.05) is 0 Å². The van der Waals surface area contributed by atoms with E-state index in [0.29, 0.717) is 16.5 Å². The molecule has 0 saturated carbocycles. The van der Waals surface area contributed by atoms with Crippen molar-refractivity contribution in [1.82, 2.24) is 4.98 Å². The smallest absolute Gasteiger partial charge is 0.337 e. The number of pyridine rings is 1. The number of esters is 1. The van der Waals surface area contributed by atoms with Gasteiger partial charge in [-0.05, 0) is 23.6 Å². The van der Waals surface area contributed by atoms with E-state index in [4.69, 9.17) is 0 Å². The van der Waals surface area contributed by atoms with Gasteiger partial charge in [0.15, 0.2) is 5.78 Å². The van der Waals surface area contributed by atoms with Gasteiger partial charge in [0, 0.05) is 5.52 Å². The fraction of sp³-hybridized carbons (Fsp3) is 0.154. The van der Waals surface area contributed by atoms with E-state index in [1.165, 1.54) is 19.2 Å². The molecule has 6 heteroatoms. The maximum atomic E-state index is 11.8. The Balaban J connectivity index is 2.61. The van der Waals surface area contributed by atoms with E-state index in [9.17, 15) is 14.4 Å². The summed E-state index contributed by atoms with van der Waals surface area (Å²) < 4.78 is 4.60. The number of carbonyl (C=O) groups excluding carboxylic acids is 2. The number of Topliss-reactive ketones (excluding diaryl/α,β-unsaturated/α-hetero) is 1. The van der Waals surface area contributed by atoms with Crippen LogP contribution in [0.3, 0.4) is 0 Å². The molecular formula is C13H10BrNO4. The number of hydrogen-bond donors (Lipinski definition) is 1. The van der Waals surface area contributed by atoms with Crippen molar-refractivity contribution in [2.75, 3.05) is 12.4 Å². The van der Waals surface area contributed by atoms with Crippen molar-refractivity contribution in [3.63, 3.8) is 0 Å². The quantitative estimate of drug-likeness (QED) is 0.531. The van der Waals surface area contributed by atoms with E-state index < -0.39 is 11.5 Å². The number of nitrogens with one attached hydrogen (secondary N) is 1. The van der Waals surface area contributed by atoms with E-state index in [2.05, 4.69) is 25.7 Å². The molecule has 1 heterocycles. The molecule has 5 nitrogen and oxygen atoms in total. The largest absolute Gasteiger partial charge is 0.465 e. The van der Waals surface area contributed by atoms with E-state index in [1.54, 1.807) is 12.1 Å². The lowest BCUT2D eigenvalue weighted by molar-refractivity contribution is 0.0600. The average Bonchev–Trinajstić information content (AvgIpc) is 2.44. The molecule has 0 aliphatic rings. The Kier molecular flexibility index (Phi) is 3.80. The minimum atomic E-state index is -0.483. The number of ether oxygens (including phenoxy) is 1. The average molecular weight is 324 g/mol. The minimum absolute atomic E-state index is 0.0851. The van der Waals surface area contributed by atoms with Gasteiger partial charge in [-0.2, -0.15) is 0 Å². The lowest BCUT2D eigenvalue weighted by Crippen LogP contribution is -2.18. The number of ketones is 1. The van der Waals surface area contributed by atoms with E-state index in [-0.39, 0.29) is 16.7 Å². The summed E-state index contributed by atoms with van der Waals surface area (Å²) in [6, 6.07) is 6.27. The Bertz CT molecular complexity index is 720. The molecule has 98 valence electrons. The van der Waals surface area contributed by atoms with E-state index in [0.717, 1.165) is 0 Å². The molecule has 0 unspecified atom stereocenters. The Morgan fingerprint density at radius 1 is 1.32 bits per heavy atom. The Morgan fingerprint density at radius 3 is 2.68 bits per heavy atom. The third-order valence-electron chi connectivity index (χ3n) is 2.69. The number of methoxy groups -OCH3 is 1. The van der Waals surface area contributed by atoms with Crippen LogP contribution in [-0.4, -0.2) is 29.2 Å². The van der Waals surface area contributed by atoms with Gasteiger partial charge in [0.05, 0.1) is 23.6 Å². The van der Waals surface area contributed by atoms with Gasteiger partial charge in [-0.15, -0.1) is 0 Å². The van der Waals surface area contributed by atoms with Gasteiger partial charge in [0.1, 0.15) is 0 Å². The normalized spacial score (nSPS) is 10.4.